The Morgan fingerprint density at radius 3 is 2.26 bits per heavy atom. The third kappa shape index (κ3) is 4.29. The molecule has 34 heavy (non-hydrogen) atoms. The van der Waals surface area contributed by atoms with Crippen LogP contribution in [0.3, 0.4) is 0 Å². The number of benzene rings is 1. The van der Waals surface area contributed by atoms with E-state index in [2.05, 4.69) is 38.2 Å². The van der Waals surface area contributed by atoms with Crippen LogP contribution < -0.4 is 5.32 Å². The second-order valence-electron chi connectivity index (χ2n) is 10.1. The van der Waals surface area contributed by atoms with E-state index in [1.165, 1.54) is 16.9 Å². The van der Waals surface area contributed by atoms with E-state index in [1.54, 1.807) is 6.92 Å². The van der Waals surface area contributed by atoms with Crippen LogP contribution in [0.15, 0.2) is 36.4 Å². The summed E-state index contributed by atoms with van der Waals surface area (Å²) in [6, 6.07) is 8.09. The molecule has 2 aliphatic rings. The summed E-state index contributed by atoms with van der Waals surface area (Å²) in [5.74, 6) is -3.42. The lowest BCUT2D eigenvalue weighted by molar-refractivity contribution is -0.146. The van der Waals surface area contributed by atoms with Crippen molar-refractivity contribution < 1.29 is 24.2 Å². The number of anilines is 1. The van der Waals surface area contributed by atoms with Gasteiger partial charge in [-0.1, -0.05) is 57.2 Å². The number of hydrogen-bond donors (Lipinski definition) is 2. The summed E-state index contributed by atoms with van der Waals surface area (Å²) in [4.78, 5) is 39.1. The number of hydrogen-bond acceptors (Lipinski definition) is 5. The molecule has 2 aromatic rings. The number of rotatable bonds is 6. The highest BCUT2D eigenvalue weighted by atomic mass is 32.1. The highest BCUT2D eigenvalue weighted by Gasteiger charge is 2.51. The second kappa shape index (κ2) is 9.02. The predicted octanol–water partition coefficient (Wildman–Crippen LogP) is 5.66. The average molecular weight is 482 g/mol. The zero-order valence-electron chi connectivity index (χ0n) is 20.2. The van der Waals surface area contributed by atoms with Gasteiger partial charge in [-0.05, 0) is 48.6 Å². The van der Waals surface area contributed by atoms with Gasteiger partial charge in [-0.3, -0.25) is 9.59 Å². The summed E-state index contributed by atoms with van der Waals surface area (Å²) in [6.45, 7) is 10.3. The zero-order valence-corrected chi connectivity index (χ0v) is 21.0. The summed E-state index contributed by atoms with van der Waals surface area (Å²) in [5.41, 5.74) is 3.12. The lowest BCUT2D eigenvalue weighted by Crippen LogP contribution is -2.36. The minimum absolute atomic E-state index is 0.00111. The summed E-state index contributed by atoms with van der Waals surface area (Å²) >= 11 is 1.32. The number of carboxylic acids is 1. The first-order valence-corrected chi connectivity index (χ1v) is 12.5. The van der Waals surface area contributed by atoms with Gasteiger partial charge in [0, 0.05) is 10.4 Å². The molecule has 0 spiro atoms. The zero-order chi connectivity index (χ0) is 24.8. The molecule has 1 aromatic heterocycles. The van der Waals surface area contributed by atoms with Crippen molar-refractivity contribution in [2.45, 2.75) is 46.5 Å². The standard InChI is InChI=1S/C27H31NO5S/c1-6-33-26(32)22-19(15-9-11-18(12-10-15)27(3,4)5)14(2)34-24(22)28-23(29)20-16-7-8-17(13-16)21(20)25(30)31/h7-12,16-17,20-21H,6,13H2,1-5H3,(H,28,29)(H,30,31)/t16-,17-,20-,21-/m0/s1. The van der Waals surface area contributed by atoms with Gasteiger partial charge in [0.25, 0.3) is 0 Å². The highest BCUT2D eigenvalue weighted by Crippen LogP contribution is 2.49. The average Bonchev–Trinajstić information content (AvgIpc) is 3.46. The lowest BCUT2D eigenvalue weighted by atomic mass is 9.82. The molecular formula is C27H31NO5S. The molecule has 4 rings (SSSR count). The van der Waals surface area contributed by atoms with Gasteiger partial charge in [0.1, 0.15) is 10.6 Å². The van der Waals surface area contributed by atoms with Crippen LogP contribution in [0.5, 0.6) is 0 Å². The van der Waals surface area contributed by atoms with Crippen molar-refractivity contribution in [1.29, 1.82) is 0 Å². The minimum Gasteiger partial charge on any atom is -0.481 e. The summed E-state index contributed by atoms with van der Waals surface area (Å²) < 4.78 is 5.35. The van der Waals surface area contributed by atoms with Crippen LogP contribution in [0.25, 0.3) is 11.1 Å². The van der Waals surface area contributed by atoms with Crippen LogP contribution in [0, 0.1) is 30.6 Å². The van der Waals surface area contributed by atoms with Gasteiger partial charge in [-0.25, -0.2) is 4.79 Å². The largest absolute Gasteiger partial charge is 0.481 e. The van der Waals surface area contributed by atoms with Crippen molar-refractivity contribution in [2.24, 2.45) is 23.7 Å². The normalized spacial score (nSPS) is 23.2. The van der Waals surface area contributed by atoms with Gasteiger partial charge in [0.2, 0.25) is 5.91 Å². The molecular weight excluding hydrogens is 450 g/mol. The van der Waals surface area contributed by atoms with Gasteiger partial charge >= 0.3 is 11.9 Å². The van der Waals surface area contributed by atoms with Crippen LogP contribution in [-0.2, 0) is 19.7 Å². The monoisotopic (exact) mass is 481 g/mol. The summed E-state index contributed by atoms with van der Waals surface area (Å²) in [6.07, 6.45) is 4.53. The summed E-state index contributed by atoms with van der Waals surface area (Å²) in [7, 11) is 0. The topological polar surface area (TPSA) is 92.7 Å². The van der Waals surface area contributed by atoms with Crippen LogP contribution in [0.4, 0.5) is 5.00 Å². The molecule has 1 saturated carbocycles. The molecule has 2 bridgehead atoms. The lowest BCUT2D eigenvalue weighted by Gasteiger charge is -2.23. The van der Waals surface area contributed by atoms with Gasteiger partial charge in [0.05, 0.1) is 18.4 Å². The molecule has 1 aromatic carbocycles. The Labute approximate surface area is 204 Å². The van der Waals surface area contributed by atoms with E-state index in [1.807, 2.05) is 31.2 Å². The third-order valence-corrected chi connectivity index (χ3v) is 7.91. The summed E-state index contributed by atoms with van der Waals surface area (Å²) in [5, 5.41) is 13.0. The van der Waals surface area contributed by atoms with Crippen molar-refractivity contribution in [3.05, 3.63) is 52.4 Å². The van der Waals surface area contributed by atoms with Crippen molar-refractivity contribution in [2.75, 3.05) is 11.9 Å². The van der Waals surface area contributed by atoms with E-state index in [9.17, 15) is 19.5 Å². The van der Waals surface area contributed by atoms with E-state index in [4.69, 9.17) is 4.74 Å². The van der Waals surface area contributed by atoms with E-state index < -0.39 is 23.8 Å². The van der Waals surface area contributed by atoms with Crippen LogP contribution in [-0.4, -0.2) is 29.6 Å². The Kier molecular flexibility index (Phi) is 6.42. The first-order valence-electron chi connectivity index (χ1n) is 11.7. The third-order valence-electron chi connectivity index (χ3n) is 6.89. The first-order chi connectivity index (χ1) is 16.0. The second-order valence-corrected chi connectivity index (χ2v) is 11.3. The number of fused-ring (bicyclic) bond motifs is 2. The maximum absolute atomic E-state index is 13.3. The number of carboxylic acid groups (broad SMARTS) is 1. The molecule has 0 aliphatic heterocycles. The quantitative estimate of drug-likeness (QED) is 0.410. The van der Waals surface area contributed by atoms with Crippen LogP contribution in [0.2, 0.25) is 0 Å². The molecule has 0 unspecified atom stereocenters. The molecule has 2 N–H and O–H groups in total. The number of carbonyl (C=O) groups excluding carboxylic acids is 2. The maximum atomic E-state index is 13.3. The molecule has 4 atom stereocenters. The number of amides is 1. The number of aryl methyl sites for hydroxylation is 1. The molecule has 1 heterocycles. The first kappa shape index (κ1) is 24.2. The predicted molar refractivity (Wildman–Crippen MR) is 133 cm³/mol. The number of carbonyl (C=O) groups is 3. The van der Waals surface area contributed by atoms with Crippen molar-refractivity contribution in [1.82, 2.24) is 0 Å². The maximum Gasteiger partial charge on any atom is 0.341 e. The van der Waals surface area contributed by atoms with Crippen LogP contribution >= 0.6 is 11.3 Å². The number of aliphatic carboxylic acids is 1. The van der Waals surface area contributed by atoms with Gasteiger partial charge in [0.15, 0.2) is 0 Å². The highest BCUT2D eigenvalue weighted by molar-refractivity contribution is 7.17. The van der Waals surface area contributed by atoms with E-state index in [-0.39, 0.29) is 29.8 Å². The molecule has 0 radical (unpaired) electrons. The van der Waals surface area contributed by atoms with E-state index >= 15 is 0 Å². The number of esters is 1. The Hall–Kier alpha value is -2.93. The van der Waals surface area contributed by atoms with Gasteiger partial charge in [-0.15, -0.1) is 11.3 Å². The fourth-order valence-corrected chi connectivity index (χ4v) is 6.29. The molecule has 0 saturated heterocycles. The van der Waals surface area contributed by atoms with Gasteiger partial charge < -0.3 is 15.2 Å². The molecule has 1 amide bonds. The smallest absolute Gasteiger partial charge is 0.341 e. The van der Waals surface area contributed by atoms with E-state index in [0.29, 0.717) is 17.0 Å². The van der Waals surface area contributed by atoms with E-state index in [0.717, 1.165) is 16.0 Å². The fraction of sp³-hybridized carbons (Fsp3) is 0.444. The van der Waals surface area contributed by atoms with Crippen molar-refractivity contribution >= 4 is 34.2 Å². The van der Waals surface area contributed by atoms with Crippen LogP contribution in [0.1, 0.15) is 54.9 Å². The number of thiophene rings is 1. The fourth-order valence-electron chi connectivity index (χ4n) is 5.23. The molecule has 7 heteroatoms. The Morgan fingerprint density at radius 1 is 1.09 bits per heavy atom. The molecule has 180 valence electrons. The number of nitrogens with one attached hydrogen (secondary N) is 1. The van der Waals surface area contributed by atoms with Crippen molar-refractivity contribution in [3.8, 4) is 11.1 Å². The number of ether oxygens (including phenoxy) is 1. The van der Waals surface area contributed by atoms with Crippen molar-refractivity contribution in [3.63, 3.8) is 0 Å². The Balaban J connectivity index is 1.71. The molecule has 1 fully saturated rings. The minimum atomic E-state index is -0.954. The Morgan fingerprint density at radius 2 is 1.71 bits per heavy atom. The Bertz CT molecular complexity index is 1150. The van der Waals surface area contributed by atoms with Gasteiger partial charge in [-0.2, -0.15) is 0 Å². The molecule has 6 nitrogen and oxygen atoms in total. The number of allylic oxidation sites excluding steroid dienone is 2. The SMILES string of the molecule is CCOC(=O)c1c(NC(=O)[C@@H]2[C@@H](C(=O)O)[C@H]3C=C[C@H]2C3)sc(C)c1-c1ccc(C(C)(C)C)cc1. The molecule has 2 aliphatic carbocycles.